The topological polar surface area (TPSA) is 64.4 Å². The Balaban J connectivity index is 3.70. The van der Waals surface area contributed by atoms with Gasteiger partial charge in [-0.3, -0.25) is 5.14 Å². The fraction of sp³-hybridized carbons (Fsp3) is 0.250. The number of nitrogens with zero attached hydrogens (tertiary/aromatic N) is 1. The van der Waals surface area contributed by atoms with Gasteiger partial charge in [-0.1, -0.05) is 0 Å². The molecule has 58 valence electrons. The molecule has 4 N–H and O–H groups in total. The number of hydrogen-bond donors (Lipinski definition) is 2. The van der Waals surface area contributed by atoms with E-state index in [1.54, 1.807) is 0 Å². The summed E-state index contributed by atoms with van der Waals surface area (Å²) in [6.07, 6.45) is 2.12. The third kappa shape index (κ3) is 5.52. The van der Waals surface area contributed by atoms with Crippen LogP contribution in [0.3, 0.4) is 0 Å². The highest BCUT2D eigenvalue weighted by Crippen LogP contribution is 1.97. The van der Waals surface area contributed by atoms with Gasteiger partial charge in [0.25, 0.3) is 0 Å². The van der Waals surface area contributed by atoms with Gasteiger partial charge in [-0.05, 0) is 18.0 Å². The third-order valence-electron chi connectivity index (χ3n) is 0.574. The lowest BCUT2D eigenvalue weighted by Crippen LogP contribution is -1.95. The van der Waals surface area contributed by atoms with Gasteiger partial charge in [0.1, 0.15) is 0 Å². The van der Waals surface area contributed by atoms with Crippen LogP contribution in [0.4, 0.5) is 8.78 Å². The zero-order valence-corrected chi connectivity index (χ0v) is 5.81. The summed E-state index contributed by atoms with van der Waals surface area (Å²) in [5.41, 5.74) is 5.12. The van der Waals surface area contributed by atoms with Crippen molar-refractivity contribution in [2.24, 2.45) is 15.9 Å². The van der Waals surface area contributed by atoms with Crippen LogP contribution in [0.5, 0.6) is 0 Å². The van der Waals surface area contributed by atoms with E-state index in [1.807, 2.05) is 0 Å². The Bertz CT molecular complexity index is 145. The monoisotopic (exact) mass is 167 g/mol. The highest BCUT2D eigenvalue weighted by Gasteiger charge is 1.90. The molecule has 3 nitrogen and oxygen atoms in total. The van der Waals surface area contributed by atoms with Crippen molar-refractivity contribution in [3.8, 4) is 0 Å². The van der Waals surface area contributed by atoms with E-state index in [9.17, 15) is 8.78 Å². The zero-order valence-electron chi connectivity index (χ0n) is 5.00. The smallest absolute Gasteiger partial charge is 0.331 e. The van der Waals surface area contributed by atoms with Crippen LogP contribution in [0.2, 0.25) is 0 Å². The largest absolute Gasteiger partial charge is 0.392 e. The fourth-order valence-corrected chi connectivity index (χ4v) is 0.360. The summed E-state index contributed by atoms with van der Waals surface area (Å²) in [4.78, 5) is 2.73. The quantitative estimate of drug-likeness (QED) is 0.369. The molecular formula is C4H7F2N3S. The second-order valence-electron chi connectivity index (χ2n) is 1.26. The Morgan fingerprint density at radius 1 is 1.60 bits per heavy atom. The molecule has 0 spiro atoms. The van der Waals surface area contributed by atoms with Gasteiger partial charge in [0, 0.05) is 6.21 Å². The number of alkyl halides is 2. The number of rotatable bonds is 3. The van der Waals surface area contributed by atoms with Crippen molar-refractivity contribution in [1.29, 1.82) is 0 Å². The first-order valence-electron chi connectivity index (χ1n) is 2.30. The molecule has 0 fully saturated rings. The van der Waals surface area contributed by atoms with Gasteiger partial charge < -0.3 is 5.73 Å². The number of hydrogen-bond acceptors (Lipinski definition) is 4. The summed E-state index contributed by atoms with van der Waals surface area (Å²) in [5, 5.41) is 5.20. The van der Waals surface area contributed by atoms with Gasteiger partial charge in [0.05, 0.1) is 5.03 Å². The molecule has 0 aromatic carbocycles. The summed E-state index contributed by atoms with van der Waals surface area (Å²) >= 11 is 0.779. The summed E-state index contributed by atoms with van der Waals surface area (Å²) in [6, 6.07) is 0. The minimum absolute atomic E-state index is 0.240. The number of nitrogens with two attached hydrogens (primary N) is 2. The van der Waals surface area contributed by atoms with Crippen molar-refractivity contribution >= 4 is 18.2 Å². The highest BCUT2D eigenvalue weighted by molar-refractivity contribution is 8.00. The van der Waals surface area contributed by atoms with Crippen molar-refractivity contribution < 1.29 is 8.78 Å². The van der Waals surface area contributed by atoms with E-state index >= 15 is 0 Å². The SMILES string of the molecule is NS/C(N)=C/C=N/C(F)F. The first-order chi connectivity index (χ1) is 4.66. The molecule has 0 aromatic heterocycles. The lowest BCUT2D eigenvalue weighted by Gasteiger charge is -1.88. The molecule has 0 aliphatic heterocycles. The predicted octanol–water partition coefficient (Wildman–Crippen LogP) is 0.687. The van der Waals surface area contributed by atoms with E-state index in [1.165, 1.54) is 6.08 Å². The van der Waals surface area contributed by atoms with Crippen LogP contribution in [-0.4, -0.2) is 12.8 Å². The van der Waals surface area contributed by atoms with Crippen molar-refractivity contribution in [2.75, 3.05) is 0 Å². The Labute approximate surface area is 61.3 Å². The van der Waals surface area contributed by atoms with Crippen molar-refractivity contribution in [3.05, 3.63) is 11.1 Å². The predicted molar refractivity (Wildman–Crippen MR) is 38.5 cm³/mol. The number of halogens is 2. The van der Waals surface area contributed by atoms with Crippen molar-refractivity contribution in [2.45, 2.75) is 6.55 Å². The van der Waals surface area contributed by atoms with Crippen molar-refractivity contribution in [3.63, 3.8) is 0 Å². The van der Waals surface area contributed by atoms with Crippen LogP contribution < -0.4 is 10.9 Å². The number of allylic oxidation sites excluding steroid dienone is 1. The lowest BCUT2D eigenvalue weighted by molar-refractivity contribution is 0.161. The molecule has 6 heteroatoms. The molecule has 0 atom stereocenters. The standard InChI is InChI=1S/C4H7F2N3S/c5-4(6)9-2-1-3(7)10-8/h1-2,4H,7-8H2/b3-1+,9-2+. The van der Waals surface area contributed by atoms with Crippen molar-refractivity contribution in [1.82, 2.24) is 0 Å². The van der Waals surface area contributed by atoms with Crippen LogP contribution in [0.15, 0.2) is 16.1 Å². The Morgan fingerprint density at radius 2 is 2.20 bits per heavy atom. The van der Waals surface area contributed by atoms with Gasteiger partial charge >= 0.3 is 6.55 Å². The second kappa shape index (κ2) is 5.19. The molecule has 0 unspecified atom stereocenters. The van der Waals surface area contributed by atoms with Crippen LogP contribution >= 0.6 is 11.9 Å². The average molecular weight is 167 g/mol. The van der Waals surface area contributed by atoms with Crippen LogP contribution in [-0.2, 0) is 0 Å². The van der Waals surface area contributed by atoms with Gasteiger partial charge in [-0.25, -0.2) is 4.99 Å². The van der Waals surface area contributed by atoms with Gasteiger partial charge in [-0.15, -0.1) is 0 Å². The summed E-state index contributed by atoms with van der Waals surface area (Å²) in [5.74, 6) is 0. The zero-order chi connectivity index (χ0) is 7.98. The molecular weight excluding hydrogens is 160 g/mol. The summed E-state index contributed by atoms with van der Waals surface area (Å²) in [7, 11) is 0. The maximum absolute atomic E-state index is 11.3. The number of aliphatic imine (C=N–C) groups is 1. The molecule has 0 saturated carbocycles. The maximum atomic E-state index is 11.3. The Morgan fingerprint density at radius 3 is 2.60 bits per heavy atom. The molecule has 0 heterocycles. The Hall–Kier alpha value is -0.620. The maximum Gasteiger partial charge on any atom is 0.331 e. The molecule has 10 heavy (non-hydrogen) atoms. The first kappa shape index (κ1) is 9.38. The molecule has 0 amide bonds. The van der Waals surface area contributed by atoms with Crippen LogP contribution in [0.25, 0.3) is 0 Å². The molecule has 0 radical (unpaired) electrons. The average Bonchev–Trinajstić information content (AvgIpc) is 1.87. The summed E-state index contributed by atoms with van der Waals surface area (Å²) in [6.45, 7) is -2.69. The highest BCUT2D eigenvalue weighted by atomic mass is 32.2. The molecule has 0 aromatic rings. The lowest BCUT2D eigenvalue weighted by atomic mass is 10.7. The van der Waals surface area contributed by atoms with E-state index in [0.717, 1.165) is 18.2 Å². The minimum atomic E-state index is -2.69. The minimum Gasteiger partial charge on any atom is -0.392 e. The van der Waals surface area contributed by atoms with E-state index in [2.05, 4.69) is 4.99 Å². The molecule has 0 rings (SSSR count). The van der Waals surface area contributed by atoms with Gasteiger partial charge in [-0.2, -0.15) is 8.78 Å². The second-order valence-corrected chi connectivity index (χ2v) is 1.97. The van der Waals surface area contributed by atoms with E-state index in [-0.39, 0.29) is 5.03 Å². The first-order valence-corrected chi connectivity index (χ1v) is 3.18. The van der Waals surface area contributed by atoms with Gasteiger partial charge in [0.2, 0.25) is 0 Å². The van der Waals surface area contributed by atoms with E-state index < -0.39 is 6.55 Å². The summed E-state index contributed by atoms with van der Waals surface area (Å²) < 4.78 is 22.6. The molecule has 0 aliphatic carbocycles. The molecule has 0 bridgehead atoms. The molecule has 0 aliphatic rings. The molecule has 0 saturated heterocycles. The van der Waals surface area contributed by atoms with Gasteiger partial charge in [0.15, 0.2) is 0 Å². The third-order valence-corrected chi connectivity index (χ3v) is 0.982. The van der Waals surface area contributed by atoms with E-state index in [4.69, 9.17) is 10.9 Å². The normalized spacial score (nSPS) is 13.4. The van der Waals surface area contributed by atoms with Crippen LogP contribution in [0, 0.1) is 0 Å². The Kier molecular flexibility index (Phi) is 4.87. The fourth-order valence-electron chi connectivity index (χ4n) is 0.221. The van der Waals surface area contributed by atoms with Crippen LogP contribution in [0.1, 0.15) is 0 Å². The van der Waals surface area contributed by atoms with E-state index in [0.29, 0.717) is 0 Å².